The van der Waals surface area contributed by atoms with Crippen molar-refractivity contribution in [3.05, 3.63) is 24.0 Å². The fourth-order valence-electron chi connectivity index (χ4n) is 1.81. The molecule has 3 nitrogen and oxygen atoms in total. The number of halogens is 1. The van der Waals surface area contributed by atoms with Crippen LogP contribution < -0.4 is 10.2 Å². The molecule has 15 heavy (non-hydrogen) atoms. The summed E-state index contributed by atoms with van der Waals surface area (Å²) in [6.45, 7) is 2.83. The number of nitrogens with zero attached hydrogens (tertiary/aromatic N) is 1. The van der Waals surface area contributed by atoms with Crippen LogP contribution in [0.1, 0.15) is 13.3 Å². The Morgan fingerprint density at radius 1 is 1.53 bits per heavy atom. The smallest absolute Gasteiger partial charge is 0.223 e. The van der Waals surface area contributed by atoms with Gasteiger partial charge in [0, 0.05) is 20.0 Å². The first-order valence-electron chi connectivity index (χ1n) is 5.00. The van der Waals surface area contributed by atoms with Crippen molar-refractivity contribution in [1.82, 2.24) is 0 Å². The summed E-state index contributed by atoms with van der Waals surface area (Å²) in [7, 11) is 0. The summed E-state index contributed by atoms with van der Waals surface area (Å²) in [4.78, 5) is 13.0. The number of hydrogen-bond acceptors (Lipinski definition) is 2. The topological polar surface area (TPSA) is 32.3 Å². The van der Waals surface area contributed by atoms with E-state index in [0.29, 0.717) is 24.5 Å². The molecular formula is C11H13FN2O. The lowest BCUT2D eigenvalue weighted by molar-refractivity contribution is -0.116. The van der Waals surface area contributed by atoms with E-state index in [4.69, 9.17) is 0 Å². The van der Waals surface area contributed by atoms with E-state index in [1.165, 1.54) is 13.0 Å². The van der Waals surface area contributed by atoms with Crippen LogP contribution in [0.4, 0.5) is 15.8 Å². The van der Waals surface area contributed by atoms with Gasteiger partial charge in [-0.2, -0.15) is 0 Å². The molecule has 0 unspecified atom stereocenters. The highest BCUT2D eigenvalue weighted by Crippen LogP contribution is 2.30. The van der Waals surface area contributed by atoms with Gasteiger partial charge in [-0.25, -0.2) is 4.39 Å². The molecule has 0 fully saturated rings. The van der Waals surface area contributed by atoms with E-state index < -0.39 is 0 Å². The summed E-state index contributed by atoms with van der Waals surface area (Å²) in [5.74, 6) is -0.355. The van der Waals surface area contributed by atoms with Crippen molar-refractivity contribution < 1.29 is 9.18 Å². The lowest BCUT2D eigenvalue weighted by Crippen LogP contribution is -2.28. The fourth-order valence-corrected chi connectivity index (χ4v) is 1.81. The minimum absolute atomic E-state index is 0.0504. The second-order valence-electron chi connectivity index (χ2n) is 3.58. The minimum atomic E-state index is -0.305. The number of para-hydroxylation sites is 1. The third-order valence-corrected chi connectivity index (χ3v) is 2.52. The van der Waals surface area contributed by atoms with Gasteiger partial charge >= 0.3 is 0 Å². The number of fused-ring (bicyclic) bond motifs is 1. The molecule has 2 rings (SSSR count). The van der Waals surface area contributed by atoms with Gasteiger partial charge in [0.15, 0.2) is 0 Å². The van der Waals surface area contributed by atoms with Crippen molar-refractivity contribution >= 4 is 17.3 Å². The van der Waals surface area contributed by atoms with E-state index >= 15 is 0 Å². The zero-order chi connectivity index (χ0) is 10.8. The Hall–Kier alpha value is -1.58. The van der Waals surface area contributed by atoms with Crippen LogP contribution in [-0.2, 0) is 4.79 Å². The molecule has 1 aliphatic rings. The number of carbonyl (C=O) groups is 1. The van der Waals surface area contributed by atoms with Gasteiger partial charge in [-0.15, -0.1) is 0 Å². The molecule has 0 radical (unpaired) electrons. The van der Waals surface area contributed by atoms with Crippen LogP contribution in [0.5, 0.6) is 0 Å². The van der Waals surface area contributed by atoms with Gasteiger partial charge in [-0.3, -0.25) is 4.79 Å². The Balaban J connectivity index is 2.49. The summed E-state index contributed by atoms with van der Waals surface area (Å²) in [6.07, 6.45) is 0.827. The third-order valence-electron chi connectivity index (χ3n) is 2.52. The maximum absolute atomic E-state index is 13.5. The number of amides is 1. The van der Waals surface area contributed by atoms with Gasteiger partial charge in [0.2, 0.25) is 5.91 Å². The van der Waals surface area contributed by atoms with Crippen molar-refractivity contribution in [3.8, 4) is 0 Å². The van der Waals surface area contributed by atoms with E-state index in [1.807, 2.05) is 0 Å². The van der Waals surface area contributed by atoms with Crippen LogP contribution in [0.25, 0.3) is 0 Å². The molecule has 1 aliphatic heterocycles. The summed E-state index contributed by atoms with van der Waals surface area (Å²) in [6, 6.07) is 4.78. The monoisotopic (exact) mass is 208 g/mol. The van der Waals surface area contributed by atoms with Crippen molar-refractivity contribution in [2.24, 2.45) is 0 Å². The van der Waals surface area contributed by atoms with Crippen LogP contribution >= 0.6 is 0 Å². The molecule has 0 saturated carbocycles. The summed E-state index contributed by atoms with van der Waals surface area (Å²) < 4.78 is 13.5. The van der Waals surface area contributed by atoms with Crippen LogP contribution in [0, 0.1) is 5.82 Å². The molecule has 0 atom stereocenters. The number of anilines is 2. The van der Waals surface area contributed by atoms with Crippen LogP contribution in [-0.4, -0.2) is 19.0 Å². The van der Waals surface area contributed by atoms with Crippen molar-refractivity contribution in [1.29, 1.82) is 0 Å². The van der Waals surface area contributed by atoms with Crippen molar-refractivity contribution in [2.45, 2.75) is 13.3 Å². The van der Waals surface area contributed by atoms with Gasteiger partial charge in [-0.1, -0.05) is 6.07 Å². The predicted octanol–water partition coefficient (Wildman–Crippen LogP) is 1.99. The number of benzene rings is 1. The molecule has 0 bridgehead atoms. The lowest BCUT2D eigenvalue weighted by atomic mass is 10.2. The van der Waals surface area contributed by atoms with Gasteiger partial charge in [-0.05, 0) is 18.6 Å². The zero-order valence-electron chi connectivity index (χ0n) is 8.59. The molecule has 4 heteroatoms. The Bertz CT molecular complexity index is 392. The van der Waals surface area contributed by atoms with Crippen molar-refractivity contribution in [3.63, 3.8) is 0 Å². The molecule has 1 aromatic carbocycles. The number of carbonyl (C=O) groups excluding carboxylic acids is 1. The Morgan fingerprint density at radius 2 is 2.33 bits per heavy atom. The summed E-state index contributed by atoms with van der Waals surface area (Å²) >= 11 is 0. The molecule has 1 N–H and O–H groups in total. The lowest BCUT2D eigenvalue weighted by Gasteiger charge is -2.20. The maximum Gasteiger partial charge on any atom is 0.223 e. The first kappa shape index (κ1) is 9.96. The normalized spacial score (nSPS) is 15.2. The van der Waals surface area contributed by atoms with Crippen molar-refractivity contribution in [2.75, 3.05) is 23.3 Å². The zero-order valence-corrected chi connectivity index (χ0v) is 8.59. The first-order valence-corrected chi connectivity index (χ1v) is 5.00. The number of nitrogens with one attached hydrogen (secondary N) is 1. The quantitative estimate of drug-likeness (QED) is 0.707. The highest BCUT2D eigenvalue weighted by atomic mass is 19.1. The molecule has 0 aromatic heterocycles. The highest BCUT2D eigenvalue weighted by molar-refractivity contribution is 5.95. The molecule has 1 aromatic rings. The average Bonchev–Trinajstić information content (AvgIpc) is 2.40. The molecule has 0 saturated heterocycles. The van der Waals surface area contributed by atoms with Crippen LogP contribution in [0.2, 0.25) is 0 Å². The van der Waals surface area contributed by atoms with E-state index in [2.05, 4.69) is 5.32 Å². The van der Waals surface area contributed by atoms with E-state index in [1.54, 1.807) is 17.0 Å². The number of hydrogen-bond donors (Lipinski definition) is 1. The summed E-state index contributed by atoms with van der Waals surface area (Å²) in [5.41, 5.74) is 1.07. The van der Waals surface area contributed by atoms with E-state index in [-0.39, 0.29) is 11.7 Å². The van der Waals surface area contributed by atoms with Crippen LogP contribution in [0.15, 0.2) is 18.2 Å². The Morgan fingerprint density at radius 3 is 3.07 bits per heavy atom. The second kappa shape index (κ2) is 3.88. The molecule has 0 spiro atoms. The third kappa shape index (κ3) is 1.79. The SMILES string of the molecule is CC(=O)N1CCCNc2c(F)cccc21. The predicted molar refractivity (Wildman–Crippen MR) is 57.5 cm³/mol. The van der Waals surface area contributed by atoms with Gasteiger partial charge in [0.25, 0.3) is 0 Å². The molecular weight excluding hydrogens is 195 g/mol. The fraction of sp³-hybridized carbons (Fsp3) is 0.364. The van der Waals surface area contributed by atoms with Gasteiger partial charge in [0.1, 0.15) is 5.82 Å². The molecule has 80 valence electrons. The second-order valence-corrected chi connectivity index (χ2v) is 3.58. The van der Waals surface area contributed by atoms with E-state index in [0.717, 1.165) is 6.42 Å². The highest BCUT2D eigenvalue weighted by Gasteiger charge is 2.20. The summed E-state index contributed by atoms with van der Waals surface area (Å²) in [5, 5.41) is 3.01. The average molecular weight is 208 g/mol. The Labute approximate surface area is 87.9 Å². The number of rotatable bonds is 0. The van der Waals surface area contributed by atoms with Gasteiger partial charge in [0.05, 0.1) is 11.4 Å². The van der Waals surface area contributed by atoms with Gasteiger partial charge < -0.3 is 10.2 Å². The molecule has 1 heterocycles. The molecule has 1 amide bonds. The first-order chi connectivity index (χ1) is 7.20. The van der Waals surface area contributed by atoms with Crippen LogP contribution in [0.3, 0.4) is 0 Å². The Kier molecular flexibility index (Phi) is 2.58. The minimum Gasteiger partial charge on any atom is -0.381 e. The standard InChI is InChI=1S/C11H13FN2O/c1-8(15)14-7-3-6-13-11-9(12)4-2-5-10(11)14/h2,4-5,13H,3,6-7H2,1H3. The molecule has 0 aliphatic carbocycles. The largest absolute Gasteiger partial charge is 0.381 e. The van der Waals surface area contributed by atoms with E-state index in [9.17, 15) is 9.18 Å². The maximum atomic E-state index is 13.5.